The number of rotatable bonds is 4. The minimum atomic E-state index is -1.02. The SMILES string of the molecule is Cn1cc(Br)nc1C1(OCC(=O)O)CC2CCC(C1)N2C(=O)OC(C)(C)C. The summed E-state index contributed by atoms with van der Waals surface area (Å²) in [5.41, 5.74) is -1.40. The van der Waals surface area contributed by atoms with Crippen LogP contribution in [0.25, 0.3) is 0 Å². The average molecular weight is 444 g/mol. The number of fused-ring (bicyclic) bond motifs is 2. The zero-order valence-corrected chi connectivity index (χ0v) is 17.7. The minimum Gasteiger partial charge on any atom is -0.480 e. The van der Waals surface area contributed by atoms with Crippen LogP contribution >= 0.6 is 15.9 Å². The molecule has 0 saturated carbocycles. The molecule has 3 heterocycles. The van der Waals surface area contributed by atoms with Crippen LogP contribution in [-0.2, 0) is 26.9 Å². The van der Waals surface area contributed by atoms with Crippen molar-refractivity contribution in [2.45, 2.75) is 69.7 Å². The highest BCUT2D eigenvalue weighted by atomic mass is 79.9. The highest BCUT2D eigenvalue weighted by molar-refractivity contribution is 9.10. The molecule has 2 unspecified atom stereocenters. The second-order valence-electron chi connectivity index (χ2n) is 8.36. The van der Waals surface area contributed by atoms with Crippen molar-refractivity contribution in [3.05, 3.63) is 16.6 Å². The van der Waals surface area contributed by atoms with E-state index in [9.17, 15) is 9.59 Å². The Hall–Kier alpha value is -1.61. The fraction of sp³-hybridized carbons (Fsp3) is 0.722. The molecule has 2 atom stereocenters. The zero-order valence-electron chi connectivity index (χ0n) is 16.1. The molecule has 0 radical (unpaired) electrons. The van der Waals surface area contributed by atoms with Crippen molar-refractivity contribution in [2.24, 2.45) is 7.05 Å². The molecule has 9 heteroatoms. The quantitative estimate of drug-likeness (QED) is 0.768. The summed E-state index contributed by atoms with van der Waals surface area (Å²) in [5.74, 6) is -0.346. The molecule has 2 saturated heterocycles. The number of amides is 1. The van der Waals surface area contributed by atoms with Crippen molar-refractivity contribution in [1.82, 2.24) is 14.5 Å². The van der Waals surface area contributed by atoms with E-state index < -0.39 is 23.8 Å². The van der Waals surface area contributed by atoms with Crippen molar-refractivity contribution in [3.63, 3.8) is 0 Å². The lowest BCUT2D eigenvalue weighted by Crippen LogP contribution is -2.54. The molecule has 2 bridgehead atoms. The number of carboxylic acid groups (broad SMARTS) is 1. The van der Waals surface area contributed by atoms with E-state index in [4.69, 9.17) is 14.6 Å². The van der Waals surface area contributed by atoms with Crippen molar-refractivity contribution >= 4 is 28.0 Å². The van der Waals surface area contributed by atoms with Gasteiger partial charge in [0, 0.05) is 38.2 Å². The number of piperidine rings is 1. The van der Waals surface area contributed by atoms with Gasteiger partial charge in [0.15, 0.2) is 0 Å². The Morgan fingerprint density at radius 3 is 2.37 bits per heavy atom. The van der Waals surface area contributed by atoms with Gasteiger partial charge in [-0.1, -0.05) is 0 Å². The van der Waals surface area contributed by atoms with Gasteiger partial charge in [0.25, 0.3) is 0 Å². The third kappa shape index (κ3) is 4.13. The number of hydrogen-bond acceptors (Lipinski definition) is 5. The monoisotopic (exact) mass is 443 g/mol. The predicted octanol–water partition coefficient (Wildman–Crippen LogP) is 3.04. The van der Waals surface area contributed by atoms with Gasteiger partial charge < -0.3 is 24.0 Å². The summed E-state index contributed by atoms with van der Waals surface area (Å²) >= 11 is 3.38. The average Bonchev–Trinajstić information content (AvgIpc) is 3.01. The summed E-state index contributed by atoms with van der Waals surface area (Å²) < 4.78 is 14.0. The van der Waals surface area contributed by atoms with Gasteiger partial charge in [-0.05, 0) is 49.5 Å². The molecule has 1 amide bonds. The first-order valence-corrected chi connectivity index (χ1v) is 9.86. The van der Waals surface area contributed by atoms with E-state index in [1.807, 2.05) is 43.5 Å². The second-order valence-corrected chi connectivity index (χ2v) is 9.17. The molecule has 1 N–H and O–H groups in total. The maximum absolute atomic E-state index is 12.7. The van der Waals surface area contributed by atoms with Gasteiger partial charge in [0.2, 0.25) is 0 Å². The van der Waals surface area contributed by atoms with Crippen LogP contribution in [0.15, 0.2) is 10.8 Å². The minimum absolute atomic E-state index is 0.0668. The van der Waals surface area contributed by atoms with Crippen molar-refractivity contribution in [1.29, 1.82) is 0 Å². The third-order valence-electron chi connectivity index (χ3n) is 5.08. The lowest BCUT2D eigenvalue weighted by Gasteiger charge is -2.45. The third-order valence-corrected chi connectivity index (χ3v) is 5.46. The molecular weight excluding hydrogens is 418 g/mol. The first-order valence-electron chi connectivity index (χ1n) is 9.07. The fourth-order valence-corrected chi connectivity index (χ4v) is 4.71. The number of carboxylic acids is 1. The number of imidazole rings is 1. The predicted molar refractivity (Wildman–Crippen MR) is 100 cm³/mol. The number of halogens is 1. The summed E-state index contributed by atoms with van der Waals surface area (Å²) in [6.07, 6.45) is 4.17. The topological polar surface area (TPSA) is 93.9 Å². The number of nitrogens with zero attached hydrogens (tertiary/aromatic N) is 3. The number of hydrogen-bond donors (Lipinski definition) is 1. The molecular formula is C18H26BrN3O5. The Balaban J connectivity index is 1.89. The second kappa shape index (κ2) is 7.09. The molecule has 0 aromatic carbocycles. The van der Waals surface area contributed by atoms with E-state index >= 15 is 0 Å². The van der Waals surface area contributed by atoms with Crippen molar-refractivity contribution < 1.29 is 24.2 Å². The van der Waals surface area contributed by atoms with Crippen LogP contribution in [0.3, 0.4) is 0 Å². The fourth-order valence-electron chi connectivity index (χ4n) is 4.24. The van der Waals surface area contributed by atoms with E-state index in [1.165, 1.54) is 0 Å². The van der Waals surface area contributed by atoms with Crippen molar-refractivity contribution in [3.8, 4) is 0 Å². The Morgan fingerprint density at radius 2 is 1.93 bits per heavy atom. The molecule has 2 aliphatic heterocycles. The van der Waals surface area contributed by atoms with Crippen molar-refractivity contribution in [2.75, 3.05) is 6.61 Å². The van der Waals surface area contributed by atoms with Gasteiger partial charge in [-0.25, -0.2) is 14.6 Å². The van der Waals surface area contributed by atoms with Gasteiger partial charge in [-0.15, -0.1) is 0 Å². The van der Waals surface area contributed by atoms with Crippen LogP contribution in [0, 0.1) is 0 Å². The maximum Gasteiger partial charge on any atom is 0.410 e. The molecule has 150 valence electrons. The highest BCUT2D eigenvalue weighted by Crippen LogP contribution is 2.48. The van der Waals surface area contributed by atoms with Crippen LogP contribution in [-0.4, -0.2) is 55.9 Å². The Kier molecular flexibility index (Phi) is 5.28. The number of aliphatic carboxylic acids is 1. The summed E-state index contributed by atoms with van der Waals surface area (Å²) in [5, 5.41) is 9.15. The van der Waals surface area contributed by atoms with E-state index in [-0.39, 0.29) is 18.2 Å². The van der Waals surface area contributed by atoms with E-state index in [2.05, 4.69) is 20.9 Å². The highest BCUT2D eigenvalue weighted by Gasteiger charge is 2.54. The molecule has 0 spiro atoms. The summed E-state index contributed by atoms with van der Waals surface area (Å²) in [6.45, 7) is 5.14. The van der Waals surface area contributed by atoms with Crippen LogP contribution in [0.1, 0.15) is 52.3 Å². The van der Waals surface area contributed by atoms with Gasteiger partial charge in [0.05, 0.1) is 0 Å². The van der Waals surface area contributed by atoms with Crippen LogP contribution < -0.4 is 0 Å². The number of ether oxygens (including phenoxy) is 2. The number of carbonyl (C=O) groups excluding carboxylic acids is 1. The Bertz CT molecular complexity index is 728. The van der Waals surface area contributed by atoms with Crippen LogP contribution in [0.5, 0.6) is 0 Å². The molecule has 1 aromatic rings. The summed E-state index contributed by atoms with van der Waals surface area (Å²) in [7, 11) is 1.86. The number of carbonyl (C=O) groups is 2. The first-order chi connectivity index (χ1) is 12.5. The maximum atomic E-state index is 12.7. The van der Waals surface area contributed by atoms with E-state index in [0.717, 1.165) is 12.8 Å². The molecule has 2 fully saturated rings. The van der Waals surface area contributed by atoms with E-state index in [0.29, 0.717) is 23.3 Å². The number of aryl methyl sites for hydroxylation is 1. The smallest absolute Gasteiger partial charge is 0.410 e. The molecule has 8 nitrogen and oxygen atoms in total. The summed E-state index contributed by atoms with van der Waals surface area (Å²) in [4.78, 5) is 30.2. The lowest BCUT2D eigenvalue weighted by molar-refractivity contribution is -0.159. The van der Waals surface area contributed by atoms with Gasteiger partial charge in [-0.3, -0.25) is 0 Å². The van der Waals surface area contributed by atoms with Crippen LogP contribution in [0.2, 0.25) is 0 Å². The van der Waals surface area contributed by atoms with Gasteiger partial charge in [0.1, 0.15) is 28.2 Å². The molecule has 0 aliphatic carbocycles. The molecule has 3 rings (SSSR count). The molecule has 2 aliphatic rings. The Morgan fingerprint density at radius 1 is 1.33 bits per heavy atom. The Labute approximate surface area is 167 Å². The van der Waals surface area contributed by atoms with Gasteiger partial charge >= 0.3 is 12.1 Å². The van der Waals surface area contributed by atoms with Crippen LogP contribution in [0.4, 0.5) is 4.79 Å². The lowest BCUT2D eigenvalue weighted by atomic mass is 9.85. The van der Waals surface area contributed by atoms with Gasteiger partial charge in [-0.2, -0.15) is 0 Å². The summed E-state index contributed by atoms with van der Waals surface area (Å²) in [6, 6.07) is -0.134. The standard InChI is InChI=1S/C18H26BrN3O5/c1-17(2,3)27-16(25)22-11-5-6-12(22)8-18(7-11,26-10-14(23)24)15-20-13(19)9-21(15)4/h9,11-12H,5-8,10H2,1-4H3,(H,23,24). The molecule has 1 aromatic heterocycles. The zero-order chi connectivity index (χ0) is 20.0. The number of aromatic nitrogens is 2. The molecule has 27 heavy (non-hydrogen) atoms. The normalized spacial score (nSPS) is 27.7. The van der Waals surface area contributed by atoms with E-state index in [1.54, 1.807) is 0 Å². The largest absolute Gasteiger partial charge is 0.480 e. The first kappa shape index (κ1) is 20.1.